The molecule has 0 saturated heterocycles. The molecule has 0 spiro atoms. The highest BCUT2D eigenvalue weighted by Crippen LogP contribution is 2.37. The van der Waals surface area contributed by atoms with Gasteiger partial charge in [-0.1, -0.05) is 0 Å². The third-order valence-electron chi connectivity index (χ3n) is 6.28. The van der Waals surface area contributed by atoms with Crippen molar-refractivity contribution < 1.29 is 68.3 Å². The second-order valence-electron chi connectivity index (χ2n) is 9.54. The van der Waals surface area contributed by atoms with E-state index >= 15 is 0 Å². The van der Waals surface area contributed by atoms with Crippen LogP contribution in [0.5, 0.6) is 0 Å². The number of carboxylic acids is 2. The lowest BCUT2D eigenvalue weighted by atomic mass is 10.1. The molecule has 21 heteroatoms. The summed E-state index contributed by atoms with van der Waals surface area (Å²) in [5, 5.41) is 21.5. The van der Waals surface area contributed by atoms with Gasteiger partial charge >= 0.3 is 11.9 Å². The van der Waals surface area contributed by atoms with Gasteiger partial charge in [-0.3, -0.25) is 23.2 Å². The van der Waals surface area contributed by atoms with Crippen molar-refractivity contribution in [3.63, 3.8) is 0 Å². The number of nitrogens with one attached hydrogen (secondary N) is 2. The number of carbonyl (C=O) groups is 4. The molecule has 0 atom stereocenters. The molecule has 4 aromatic rings. The number of hydrogen-bond donors (Lipinski definition) is 8. The molecular weight excluding hydrogens is 690 g/mol. The van der Waals surface area contributed by atoms with Gasteiger partial charge in [0, 0.05) is 33.3 Å². The molecule has 0 aliphatic rings. The molecule has 0 bridgehead atoms. The number of benzene rings is 4. The number of carboxylic acid groups (broad SMARTS) is 2. The summed E-state index contributed by atoms with van der Waals surface area (Å²) in [4.78, 5) is 45.7. The summed E-state index contributed by atoms with van der Waals surface area (Å²) in [7, 11) is -15.9. The van der Waals surface area contributed by atoms with Gasteiger partial charge in [0.15, 0.2) is 0 Å². The number of fused-ring (bicyclic) bond motifs is 1. The first-order valence-corrected chi connectivity index (χ1v) is 16.6. The maximum absolute atomic E-state index is 13.4. The number of nitrogens with two attached hydrogens (primary N) is 1. The minimum absolute atomic E-state index is 0.0883. The van der Waals surface area contributed by atoms with Gasteiger partial charge in [0.25, 0.3) is 42.2 Å². The van der Waals surface area contributed by atoms with Crippen molar-refractivity contribution in [1.82, 2.24) is 0 Å². The number of rotatable bonds is 9. The van der Waals surface area contributed by atoms with E-state index in [9.17, 15) is 68.3 Å². The van der Waals surface area contributed by atoms with Crippen molar-refractivity contribution in [2.45, 2.75) is 14.7 Å². The summed E-state index contributed by atoms with van der Waals surface area (Å²) in [6.07, 6.45) is 0. The molecule has 246 valence electrons. The fraction of sp³-hybridized carbons (Fsp3) is 0. The van der Waals surface area contributed by atoms with Crippen LogP contribution in [0.2, 0.25) is 0 Å². The number of hydrogen-bond acceptors (Lipinski definition) is 11. The van der Waals surface area contributed by atoms with Crippen molar-refractivity contribution in [1.29, 1.82) is 0 Å². The SMILES string of the molecule is Nc1cc(C(=O)O)cc(C(=O)Nc2cc(C(=O)O)cc(C(=O)Nc3ccc(S(=O)(=O)O)c4cc(S(=O)(=O)O)cc(S(=O)(=O)O)c34)c2)c1. The third kappa shape index (κ3) is 7.51. The molecule has 0 aromatic heterocycles. The molecule has 0 unspecified atom stereocenters. The van der Waals surface area contributed by atoms with E-state index in [1.165, 1.54) is 0 Å². The van der Waals surface area contributed by atoms with E-state index in [1.807, 2.05) is 0 Å². The Bertz CT molecular complexity index is 2390. The zero-order valence-corrected chi connectivity index (χ0v) is 25.3. The van der Waals surface area contributed by atoms with Crippen molar-refractivity contribution >= 4 is 81.9 Å². The molecule has 47 heavy (non-hydrogen) atoms. The van der Waals surface area contributed by atoms with Crippen LogP contribution in [0, 0.1) is 0 Å². The Labute approximate surface area is 263 Å². The molecule has 0 radical (unpaired) electrons. The number of aromatic carboxylic acids is 2. The van der Waals surface area contributed by atoms with Crippen LogP contribution in [0.1, 0.15) is 41.4 Å². The standard InChI is InChI=1S/C26H19N3O15S3/c27-15-5-11(3-13(6-15)25(32)33)23(30)28-16-7-12(4-14(8-16)26(34)35)24(31)29-19-1-2-20(46(39,40)41)18-9-17(45(36,37)38)10-21(22(18)19)47(42,43)44/h1-10H,27H2,(H,28,30)(H,29,31)(H,32,33)(H,34,35)(H,36,37,38)(H,39,40,41)(H,42,43,44). The van der Waals surface area contributed by atoms with Gasteiger partial charge in [0.2, 0.25) is 0 Å². The van der Waals surface area contributed by atoms with E-state index in [1.54, 1.807) is 0 Å². The van der Waals surface area contributed by atoms with Gasteiger partial charge in [-0.2, -0.15) is 25.3 Å². The lowest BCUT2D eigenvalue weighted by molar-refractivity contribution is 0.0686. The monoisotopic (exact) mass is 709 g/mol. The maximum atomic E-state index is 13.4. The Kier molecular flexibility index (Phi) is 8.83. The fourth-order valence-corrected chi connectivity index (χ4v) is 6.38. The van der Waals surface area contributed by atoms with Gasteiger partial charge in [-0.25, -0.2) is 9.59 Å². The highest BCUT2D eigenvalue weighted by atomic mass is 32.2. The Morgan fingerprint density at radius 3 is 1.60 bits per heavy atom. The summed E-state index contributed by atoms with van der Waals surface area (Å²) in [6.45, 7) is 0. The summed E-state index contributed by atoms with van der Waals surface area (Å²) in [6, 6.07) is 7.98. The first-order chi connectivity index (χ1) is 21.6. The molecule has 18 nitrogen and oxygen atoms in total. The second-order valence-corrected chi connectivity index (χ2v) is 13.7. The maximum Gasteiger partial charge on any atom is 0.335 e. The molecule has 0 aliphatic heterocycles. The van der Waals surface area contributed by atoms with E-state index in [0.29, 0.717) is 12.1 Å². The Hall–Kier alpha value is -5.45. The first kappa shape index (κ1) is 34.4. The third-order valence-corrected chi connectivity index (χ3v) is 8.90. The Morgan fingerprint density at radius 2 is 1.06 bits per heavy atom. The number of amides is 2. The minimum Gasteiger partial charge on any atom is -0.478 e. The predicted molar refractivity (Wildman–Crippen MR) is 161 cm³/mol. The molecule has 4 aromatic carbocycles. The van der Waals surface area contributed by atoms with Crippen LogP contribution < -0.4 is 16.4 Å². The average Bonchev–Trinajstić information content (AvgIpc) is 2.94. The van der Waals surface area contributed by atoms with Crippen LogP contribution >= 0.6 is 0 Å². The molecule has 0 heterocycles. The zero-order valence-electron chi connectivity index (χ0n) is 22.9. The second kappa shape index (κ2) is 12.1. The van der Waals surface area contributed by atoms with Crippen LogP contribution in [0.3, 0.4) is 0 Å². The van der Waals surface area contributed by atoms with Crippen molar-refractivity contribution in [2.75, 3.05) is 16.4 Å². The van der Waals surface area contributed by atoms with Crippen molar-refractivity contribution in [3.8, 4) is 0 Å². The van der Waals surface area contributed by atoms with Crippen LogP contribution in [0.4, 0.5) is 17.1 Å². The van der Waals surface area contributed by atoms with Gasteiger partial charge in [0.1, 0.15) is 9.79 Å². The van der Waals surface area contributed by atoms with Crippen LogP contribution in [-0.2, 0) is 30.4 Å². The molecule has 4 rings (SSSR count). The highest BCUT2D eigenvalue weighted by molar-refractivity contribution is 7.87. The van der Waals surface area contributed by atoms with Crippen molar-refractivity contribution in [3.05, 3.63) is 82.9 Å². The normalized spacial score (nSPS) is 12.0. The lowest BCUT2D eigenvalue weighted by Crippen LogP contribution is -2.17. The predicted octanol–water partition coefficient (Wildman–Crippen LogP) is 2.06. The number of anilines is 3. The van der Waals surface area contributed by atoms with Gasteiger partial charge in [-0.15, -0.1) is 0 Å². The molecule has 9 N–H and O–H groups in total. The largest absolute Gasteiger partial charge is 0.478 e. The molecule has 0 saturated carbocycles. The average molecular weight is 710 g/mol. The van der Waals surface area contributed by atoms with Crippen LogP contribution in [-0.4, -0.2) is 72.9 Å². The van der Waals surface area contributed by atoms with E-state index < -0.39 is 96.4 Å². The summed E-state index contributed by atoms with van der Waals surface area (Å²) in [5.74, 6) is -5.17. The smallest absolute Gasteiger partial charge is 0.335 e. The minimum atomic E-state index is -5.45. The van der Waals surface area contributed by atoms with E-state index in [4.69, 9.17) is 5.73 Å². The molecule has 0 aliphatic carbocycles. The quantitative estimate of drug-likeness (QED) is 0.0910. The van der Waals surface area contributed by atoms with Crippen LogP contribution in [0.25, 0.3) is 10.8 Å². The van der Waals surface area contributed by atoms with Gasteiger partial charge < -0.3 is 26.6 Å². The van der Waals surface area contributed by atoms with E-state index in [-0.39, 0.29) is 28.6 Å². The fourth-order valence-electron chi connectivity index (χ4n) is 4.33. The van der Waals surface area contributed by atoms with E-state index in [0.717, 1.165) is 42.5 Å². The number of carbonyl (C=O) groups excluding carboxylic acids is 2. The van der Waals surface area contributed by atoms with Crippen LogP contribution in [0.15, 0.2) is 75.4 Å². The summed E-state index contributed by atoms with van der Waals surface area (Å²) in [5.41, 5.74) is 3.00. The Morgan fingerprint density at radius 1 is 0.574 bits per heavy atom. The highest BCUT2D eigenvalue weighted by Gasteiger charge is 2.27. The molecule has 0 fully saturated rings. The lowest BCUT2D eigenvalue weighted by Gasteiger charge is -2.16. The van der Waals surface area contributed by atoms with Gasteiger partial charge in [0.05, 0.1) is 21.7 Å². The van der Waals surface area contributed by atoms with Gasteiger partial charge in [-0.05, 0) is 60.7 Å². The topological polar surface area (TPSA) is 322 Å². The zero-order chi connectivity index (χ0) is 35.2. The summed E-state index contributed by atoms with van der Waals surface area (Å²) < 4.78 is 101. The first-order valence-electron chi connectivity index (χ1n) is 12.2. The molecule has 2 amide bonds. The molecular formula is C26H19N3O15S3. The van der Waals surface area contributed by atoms with E-state index in [2.05, 4.69) is 10.6 Å². The number of nitrogen functional groups attached to an aromatic ring is 1. The summed E-state index contributed by atoms with van der Waals surface area (Å²) >= 11 is 0. The van der Waals surface area contributed by atoms with Crippen molar-refractivity contribution in [2.24, 2.45) is 0 Å². The Balaban J connectivity index is 1.86.